The maximum atomic E-state index is 14.1. The molecule has 0 spiro atoms. The van der Waals surface area contributed by atoms with Crippen molar-refractivity contribution in [3.05, 3.63) is 35.4 Å². The molecule has 3 rings (SSSR count). The highest BCUT2D eigenvalue weighted by Crippen LogP contribution is 2.40. The normalized spacial score (nSPS) is 21.1. The van der Waals surface area contributed by atoms with Crippen molar-refractivity contribution >= 4 is 30.4 Å². The molecule has 1 aromatic rings. The van der Waals surface area contributed by atoms with Crippen molar-refractivity contribution in [1.29, 1.82) is 0 Å². The van der Waals surface area contributed by atoms with Gasteiger partial charge in [0.1, 0.15) is 12.1 Å². The Bertz CT molecular complexity index is 818. The Balaban J connectivity index is 1.66. The van der Waals surface area contributed by atoms with Gasteiger partial charge in [0.2, 0.25) is 11.8 Å². The lowest BCUT2D eigenvalue weighted by atomic mass is 10.0. The molecule has 1 saturated carbocycles. The van der Waals surface area contributed by atoms with Crippen LogP contribution in [-0.4, -0.2) is 51.7 Å². The van der Waals surface area contributed by atoms with Gasteiger partial charge in [-0.2, -0.15) is 12.6 Å². The highest BCUT2D eigenvalue weighted by atomic mass is 32.1. The lowest BCUT2D eigenvalue weighted by Gasteiger charge is -2.35. The minimum atomic E-state index is -1.88. The molecule has 2 aliphatic rings. The van der Waals surface area contributed by atoms with Gasteiger partial charge in [-0.1, -0.05) is 29.8 Å². The number of hydrogen-bond donors (Lipinski definition) is 3. The van der Waals surface area contributed by atoms with Gasteiger partial charge in [-0.25, -0.2) is 4.39 Å². The van der Waals surface area contributed by atoms with Crippen molar-refractivity contribution in [3.8, 4) is 0 Å². The van der Waals surface area contributed by atoms with E-state index in [1.807, 2.05) is 31.2 Å². The van der Waals surface area contributed by atoms with Crippen molar-refractivity contribution in [1.82, 2.24) is 15.5 Å². The minimum absolute atomic E-state index is 0.167. The first-order valence-electron chi connectivity index (χ1n) is 10.4. The average Bonchev–Trinajstić information content (AvgIpc) is 3.25. The van der Waals surface area contributed by atoms with E-state index >= 15 is 0 Å². The summed E-state index contributed by atoms with van der Waals surface area (Å²) in [5.41, 5.74) is 0.235. The van der Waals surface area contributed by atoms with Gasteiger partial charge in [-0.05, 0) is 52.0 Å². The molecule has 1 heterocycles. The quantitative estimate of drug-likeness (QED) is 0.575. The maximum absolute atomic E-state index is 14.1. The second-order valence-corrected chi connectivity index (χ2v) is 10.1. The van der Waals surface area contributed by atoms with Crippen LogP contribution in [0.15, 0.2) is 24.3 Å². The van der Waals surface area contributed by atoms with Crippen LogP contribution in [0.3, 0.4) is 0 Å². The largest absolute Gasteiger partial charge is 0.350 e. The number of carbonyl (C=O) groups is 3. The summed E-state index contributed by atoms with van der Waals surface area (Å²) in [6, 6.07) is 6.23. The molecule has 1 aliphatic carbocycles. The third-order valence-electron chi connectivity index (χ3n) is 5.75. The number of nitrogens with zero attached hydrogens (tertiary/aromatic N) is 1. The van der Waals surface area contributed by atoms with Crippen molar-refractivity contribution in [2.75, 3.05) is 6.54 Å². The van der Waals surface area contributed by atoms with Crippen LogP contribution in [0.4, 0.5) is 4.39 Å². The molecule has 0 bridgehead atoms. The van der Waals surface area contributed by atoms with Crippen molar-refractivity contribution in [3.63, 3.8) is 0 Å². The molecule has 1 aromatic carbocycles. The molecule has 2 fully saturated rings. The first-order chi connectivity index (χ1) is 14.0. The fraction of sp³-hybridized carbons (Fsp3) is 0.591. The van der Waals surface area contributed by atoms with Crippen LogP contribution >= 0.6 is 12.6 Å². The Morgan fingerprint density at radius 3 is 2.47 bits per heavy atom. The van der Waals surface area contributed by atoms with Gasteiger partial charge in [0.05, 0.1) is 0 Å². The number of alkyl halides is 1. The second kappa shape index (κ2) is 8.57. The Hall–Kier alpha value is -2.09. The first kappa shape index (κ1) is 22.6. The molecule has 3 amide bonds. The molecule has 2 unspecified atom stereocenters. The van der Waals surface area contributed by atoms with E-state index in [0.717, 1.165) is 11.1 Å². The van der Waals surface area contributed by atoms with E-state index in [1.54, 1.807) is 13.8 Å². The molecule has 8 heteroatoms. The zero-order chi connectivity index (χ0) is 22.1. The second-order valence-electron chi connectivity index (χ2n) is 8.92. The molecule has 2 atom stereocenters. The molecule has 1 saturated heterocycles. The maximum Gasteiger partial charge on any atom is 0.258 e. The Labute approximate surface area is 182 Å². The Morgan fingerprint density at radius 2 is 1.90 bits per heavy atom. The minimum Gasteiger partial charge on any atom is -0.350 e. The third-order valence-corrected chi connectivity index (χ3v) is 6.01. The van der Waals surface area contributed by atoms with Gasteiger partial charge in [-0.3, -0.25) is 14.4 Å². The van der Waals surface area contributed by atoms with E-state index in [0.29, 0.717) is 25.9 Å². The van der Waals surface area contributed by atoms with Gasteiger partial charge in [0.15, 0.2) is 5.67 Å². The first-order valence-corrected chi connectivity index (χ1v) is 10.8. The van der Waals surface area contributed by atoms with Crippen LogP contribution in [0.1, 0.15) is 50.7 Å². The number of hydrogen-bond acceptors (Lipinski definition) is 4. The molecule has 164 valence electrons. The number of aryl methyl sites for hydroxylation is 1. The standard InChI is InChI=1S/C22H30FN3O3S/c1-14-6-8-15(9-7-14)13-24-18(27)16-5-4-12-26(16)19(28)17(21(2,3)30)25-20(29)22(23)10-11-22/h6-9,16-17,30H,4-5,10-13H2,1-3H3,(H,24,27)(H,25,29). The smallest absolute Gasteiger partial charge is 0.258 e. The summed E-state index contributed by atoms with van der Waals surface area (Å²) in [7, 11) is 0. The lowest BCUT2D eigenvalue weighted by molar-refractivity contribution is -0.142. The summed E-state index contributed by atoms with van der Waals surface area (Å²) in [5, 5.41) is 5.44. The van der Waals surface area contributed by atoms with Crippen LogP contribution in [0.5, 0.6) is 0 Å². The van der Waals surface area contributed by atoms with Crippen LogP contribution in [0.25, 0.3) is 0 Å². The number of likely N-dealkylation sites (tertiary alicyclic amines) is 1. The van der Waals surface area contributed by atoms with Crippen LogP contribution < -0.4 is 10.6 Å². The fourth-order valence-electron chi connectivity index (χ4n) is 3.62. The number of rotatable bonds is 7. The summed E-state index contributed by atoms with van der Waals surface area (Å²) in [5.74, 6) is -1.41. The Kier molecular flexibility index (Phi) is 6.45. The fourth-order valence-corrected chi connectivity index (χ4v) is 3.79. The van der Waals surface area contributed by atoms with Crippen LogP contribution in [-0.2, 0) is 20.9 Å². The monoisotopic (exact) mass is 435 g/mol. The number of nitrogens with one attached hydrogen (secondary N) is 2. The van der Waals surface area contributed by atoms with E-state index in [1.165, 1.54) is 4.90 Å². The summed E-state index contributed by atoms with van der Waals surface area (Å²) >= 11 is 4.47. The van der Waals surface area contributed by atoms with Crippen LogP contribution in [0, 0.1) is 6.92 Å². The predicted octanol–water partition coefficient (Wildman–Crippen LogP) is 2.30. The summed E-state index contributed by atoms with van der Waals surface area (Å²) in [6.45, 7) is 6.17. The van der Waals surface area contributed by atoms with Gasteiger partial charge in [0.25, 0.3) is 5.91 Å². The Morgan fingerprint density at radius 1 is 1.27 bits per heavy atom. The topological polar surface area (TPSA) is 78.5 Å². The van der Waals surface area contributed by atoms with E-state index in [2.05, 4.69) is 23.3 Å². The zero-order valence-electron chi connectivity index (χ0n) is 17.7. The predicted molar refractivity (Wildman–Crippen MR) is 116 cm³/mol. The number of halogens is 1. The van der Waals surface area contributed by atoms with Crippen molar-refractivity contribution < 1.29 is 18.8 Å². The number of carbonyl (C=O) groups excluding carboxylic acids is 3. The summed E-state index contributed by atoms with van der Waals surface area (Å²) in [4.78, 5) is 39.8. The van der Waals surface area contributed by atoms with E-state index < -0.39 is 34.3 Å². The van der Waals surface area contributed by atoms with Crippen LogP contribution in [0.2, 0.25) is 0 Å². The molecule has 0 aromatic heterocycles. The zero-order valence-corrected chi connectivity index (χ0v) is 18.6. The number of thiol groups is 1. The van der Waals surface area contributed by atoms with Gasteiger partial charge in [0, 0.05) is 17.8 Å². The summed E-state index contributed by atoms with van der Waals surface area (Å²) < 4.78 is 13.2. The molecular formula is C22H30FN3O3S. The molecule has 2 N–H and O–H groups in total. The molecule has 1 aliphatic heterocycles. The van der Waals surface area contributed by atoms with Crippen molar-refractivity contribution in [2.24, 2.45) is 0 Å². The SMILES string of the molecule is Cc1ccc(CNC(=O)C2CCCN2C(=O)C(NC(=O)C2(F)CC2)C(C)(C)S)cc1. The number of benzene rings is 1. The average molecular weight is 436 g/mol. The van der Waals surface area contributed by atoms with Gasteiger partial charge >= 0.3 is 0 Å². The summed E-state index contributed by atoms with van der Waals surface area (Å²) in [6.07, 6.45) is 1.57. The molecular weight excluding hydrogens is 405 g/mol. The van der Waals surface area contributed by atoms with E-state index in [4.69, 9.17) is 0 Å². The van der Waals surface area contributed by atoms with Crippen molar-refractivity contribution in [2.45, 2.75) is 75.5 Å². The number of amides is 3. The molecule has 0 radical (unpaired) electrons. The van der Waals surface area contributed by atoms with E-state index in [9.17, 15) is 18.8 Å². The molecule has 6 nitrogen and oxygen atoms in total. The third kappa shape index (κ3) is 5.14. The van der Waals surface area contributed by atoms with E-state index in [-0.39, 0.29) is 18.7 Å². The molecule has 30 heavy (non-hydrogen) atoms. The highest BCUT2D eigenvalue weighted by Gasteiger charge is 2.53. The lowest BCUT2D eigenvalue weighted by Crippen LogP contribution is -2.60. The van der Waals surface area contributed by atoms with Gasteiger partial charge < -0.3 is 15.5 Å². The van der Waals surface area contributed by atoms with Gasteiger partial charge in [-0.15, -0.1) is 0 Å². The highest BCUT2D eigenvalue weighted by molar-refractivity contribution is 7.81.